The van der Waals surface area contributed by atoms with Crippen LogP contribution in [0, 0.1) is 11.2 Å². The van der Waals surface area contributed by atoms with Gasteiger partial charge in [-0.2, -0.15) is 0 Å². The molecule has 0 amide bonds. The lowest BCUT2D eigenvalue weighted by Crippen LogP contribution is -2.29. The highest BCUT2D eigenvalue weighted by molar-refractivity contribution is 5.78. The zero-order valence-corrected chi connectivity index (χ0v) is 14.4. The summed E-state index contributed by atoms with van der Waals surface area (Å²) in [6.45, 7) is 2.78. The first-order chi connectivity index (χ1) is 12.6. The van der Waals surface area contributed by atoms with Gasteiger partial charge in [-0.15, -0.1) is 0 Å². The number of benzene rings is 2. The quantitative estimate of drug-likeness (QED) is 0.661. The Kier molecular flexibility index (Phi) is 5.36. The minimum absolute atomic E-state index is 0.0149. The van der Waals surface area contributed by atoms with Gasteiger partial charge in [-0.05, 0) is 43.3 Å². The Morgan fingerprint density at radius 2 is 1.73 bits per heavy atom. The molecule has 6 nitrogen and oxygen atoms in total. The number of imidazole rings is 1. The Hall–Kier alpha value is -3.09. The molecule has 0 unspecified atom stereocenters. The molecule has 26 heavy (non-hydrogen) atoms. The molecule has 1 heterocycles. The summed E-state index contributed by atoms with van der Waals surface area (Å²) in [5.74, 6) is -0.132. The Morgan fingerprint density at radius 3 is 2.38 bits per heavy atom. The van der Waals surface area contributed by atoms with Crippen LogP contribution in [0.25, 0.3) is 11.0 Å². The maximum atomic E-state index is 12.9. The molecule has 2 aromatic carbocycles. The molecule has 3 rings (SSSR count). The van der Waals surface area contributed by atoms with Crippen molar-refractivity contribution in [1.82, 2.24) is 9.13 Å². The van der Waals surface area contributed by atoms with Crippen molar-refractivity contribution in [2.45, 2.75) is 20.0 Å². The normalized spacial score (nSPS) is 10.8. The molecule has 0 aliphatic heterocycles. The number of aromatic nitrogens is 2. The van der Waals surface area contributed by atoms with Gasteiger partial charge in [-0.25, -0.2) is 4.39 Å². The smallest absolute Gasteiger partial charge is 0.326 e. The third kappa shape index (κ3) is 3.77. The Bertz CT molecular complexity index is 960. The van der Waals surface area contributed by atoms with Crippen LogP contribution in [0.3, 0.4) is 0 Å². The van der Waals surface area contributed by atoms with Crippen LogP contribution >= 0.6 is 0 Å². The summed E-state index contributed by atoms with van der Waals surface area (Å²) in [6, 6.07) is 13.3. The van der Waals surface area contributed by atoms with E-state index in [0.717, 1.165) is 11.0 Å². The van der Waals surface area contributed by atoms with E-state index in [1.54, 1.807) is 28.2 Å². The first kappa shape index (κ1) is 17.7. The van der Waals surface area contributed by atoms with Crippen molar-refractivity contribution >= 4 is 17.0 Å². The summed E-state index contributed by atoms with van der Waals surface area (Å²) in [6.07, 6.45) is 0. The fourth-order valence-electron chi connectivity index (χ4n) is 2.80. The highest BCUT2D eigenvalue weighted by atomic mass is 19.1. The van der Waals surface area contributed by atoms with E-state index in [2.05, 4.69) is 0 Å². The van der Waals surface area contributed by atoms with Gasteiger partial charge in [0, 0.05) is 0 Å². The molecule has 0 aliphatic rings. The average molecular weight is 357 g/mol. The Labute approximate surface area is 149 Å². The molecule has 0 aliphatic carbocycles. The maximum absolute atomic E-state index is 12.9. The molecule has 0 atom stereocenters. The molecule has 3 aromatic rings. The van der Waals surface area contributed by atoms with E-state index in [9.17, 15) is 9.18 Å². The maximum Gasteiger partial charge on any atom is 0.326 e. The average Bonchev–Trinajstić information content (AvgIpc) is 2.89. The number of esters is 1. The second kappa shape index (κ2) is 7.86. The largest absolute Gasteiger partial charge is 0.492 e. The number of carbonyl (C=O) groups excluding carboxylic acids is 1. The minimum Gasteiger partial charge on any atom is -0.492 e. The third-order valence-electron chi connectivity index (χ3n) is 3.96. The second-order valence-corrected chi connectivity index (χ2v) is 5.66. The van der Waals surface area contributed by atoms with E-state index < -0.39 is 0 Å². The van der Waals surface area contributed by atoms with Crippen LogP contribution in [0.2, 0.25) is 0 Å². The number of hydrogen-bond acceptors (Lipinski definition) is 4. The SMILES string of the molecule is CCOC(=O)Cn1c(=N)n(CCOc2ccc(F)cc2)c2ccccc21. The Morgan fingerprint density at radius 1 is 1.08 bits per heavy atom. The number of fused-ring (bicyclic) bond motifs is 1. The highest BCUT2D eigenvalue weighted by Gasteiger charge is 2.13. The van der Waals surface area contributed by atoms with Crippen molar-refractivity contribution < 1.29 is 18.7 Å². The van der Waals surface area contributed by atoms with Crippen LogP contribution in [0.15, 0.2) is 48.5 Å². The van der Waals surface area contributed by atoms with Crippen LogP contribution in [-0.4, -0.2) is 28.3 Å². The van der Waals surface area contributed by atoms with Gasteiger partial charge in [0.25, 0.3) is 0 Å². The molecular formula is C19H20FN3O3. The summed E-state index contributed by atoms with van der Waals surface area (Å²) in [5.41, 5.74) is 1.82. The topological polar surface area (TPSA) is 69.2 Å². The van der Waals surface area contributed by atoms with E-state index in [4.69, 9.17) is 14.9 Å². The van der Waals surface area contributed by atoms with Gasteiger partial charge in [0.05, 0.1) is 24.2 Å². The van der Waals surface area contributed by atoms with Crippen LogP contribution in [0.5, 0.6) is 5.75 Å². The van der Waals surface area contributed by atoms with Crippen molar-refractivity contribution in [3.8, 4) is 5.75 Å². The van der Waals surface area contributed by atoms with Crippen molar-refractivity contribution in [3.05, 3.63) is 60.0 Å². The monoisotopic (exact) mass is 357 g/mol. The minimum atomic E-state index is -0.378. The van der Waals surface area contributed by atoms with Crippen molar-refractivity contribution in [3.63, 3.8) is 0 Å². The van der Waals surface area contributed by atoms with Gasteiger partial charge in [0.2, 0.25) is 5.62 Å². The predicted molar refractivity (Wildman–Crippen MR) is 94.3 cm³/mol. The molecule has 136 valence electrons. The van der Waals surface area contributed by atoms with Crippen LogP contribution in [0.4, 0.5) is 4.39 Å². The molecule has 0 spiro atoms. The second-order valence-electron chi connectivity index (χ2n) is 5.66. The van der Waals surface area contributed by atoms with Gasteiger partial charge < -0.3 is 14.0 Å². The van der Waals surface area contributed by atoms with Gasteiger partial charge in [-0.3, -0.25) is 14.8 Å². The van der Waals surface area contributed by atoms with E-state index >= 15 is 0 Å². The number of carbonyl (C=O) groups is 1. The van der Waals surface area contributed by atoms with Crippen LogP contribution < -0.4 is 10.4 Å². The summed E-state index contributed by atoms with van der Waals surface area (Å²) in [7, 11) is 0. The van der Waals surface area contributed by atoms with E-state index in [0.29, 0.717) is 25.5 Å². The predicted octanol–water partition coefficient (Wildman–Crippen LogP) is 2.70. The fourth-order valence-corrected chi connectivity index (χ4v) is 2.80. The summed E-state index contributed by atoms with van der Waals surface area (Å²) < 4.78 is 27.0. The molecular weight excluding hydrogens is 337 g/mol. The zero-order valence-electron chi connectivity index (χ0n) is 14.4. The molecule has 1 N–H and O–H groups in total. The standard InChI is InChI=1S/C19H20FN3O3/c1-2-25-18(24)13-23-17-6-4-3-5-16(17)22(19(23)21)11-12-26-15-9-7-14(20)8-10-15/h3-10,21H,2,11-13H2,1H3. The van der Waals surface area contributed by atoms with Crippen LogP contribution in [0.1, 0.15) is 6.92 Å². The van der Waals surface area contributed by atoms with Crippen molar-refractivity contribution in [1.29, 1.82) is 5.41 Å². The van der Waals surface area contributed by atoms with Crippen molar-refractivity contribution in [2.24, 2.45) is 0 Å². The van der Waals surface area contributed by atoms with Gasteiger partial charge in [0.1, 0.15) is 24.7 Å². The Balaban J connectivity index is 1.81. The lowest BCUT2D eigenvalue weighted by Gasteiger charge is -2.08. The lowest BCUT2D eigenvalue weighted by atomic mass is 10.3. The molecule has 0 saturated heterocycles. The number of para-hydroxylation sites is 2. The van der Waals surface area contributed by atoms with Gasteiger partial charge in [-0.1, -0.05) is 12.1 Å². The van der Waals surface area contributed by atoms with Gasteiger partial charge >= 0.3 is 5.97 Å². The van der Waals surface area contributed by atoms with E-state index in [1.807, 2.05) is 24.3 Å². The first-order valence-corrected chi connectivity index (χ1v) is 8.36. The third-order valence-corrected chi connectivity index (χ3v) is 3.96. The number of nitrogens with zero attached hydrogens (tertiary/aromatic N) is 2. The van der Waals surface area contributed by atoms with Crippen molar-refractivity contribution in [2.75, 3.05) is 13.2 Å². The fraction of sp³-hybridized carbons (Fsp3) is 0.263. The molecule has 7 heteroatoms. The zero-order chi connectivity index (χ0) is 18.5. The molecule has 1 aromatic heterocycles. The number of rotatable bonds is 7. The highest BCUT2D eigenvalue weighted by Crippen LogP contribution is 2.14. The van der Waals surface area contributed by atoms with Gasteiger partial charge in [0.15, 0.2) is 0 Å². The number of hydrogen-bond donors (Lipinski definition) is 1. The summed E-state index contributed by atoms with van der Waals surface area (Å²) in [4.78, 5) is 11.9. The number of nitrogens with one attached hydrogen (secondary N) is 1. The molecule has 0 saturated carbocycles. The van der Waals surface area contributed by atoms with E-state index in [1.165, 1.54) is 12.1 Å². The van der Waals surface area contributed by atoms with Crippen LogP contribution in [-0.2, 0) is 22.6 Å². The molecule has 0 bridgehead atoms. The summed E-state index contributed by atoms with van der Waals surface area (Å²) in [5, 5.41) is 8.42. The summed E-state index contributed by atoms with van der Waals surface area (Å²) >= 11 is 0. The lowest BCUT2D eigenvalue weighted by molar-refractivity contribution is -0.143. The van der Waals surface area contributed by atoms with E-state index in [-0.39, 0.29) is 23.9 Å². The first-order valence-electron chi connectivity index (χ1n) is 8.36. The molecule has 0 radical (unpaired) electrons. The number of ether oxygens (including phenoxy) is 2. The molecule has 0 fully saturated rings. The number of halogens is 1.